The second-order valence-electron chi connectivity index (χ2n) is 7.31. The Morgan fingerprint density at radius 3 is 2.30 bits per heavy atom. The van der Waals surface area contributed by atoms with Crippen molar-refractivity contribution >= 4 is 11.9 Å². The first kappa shape index (κ1) is 17.6. The molecule has 1 atom stereocenters. The van der Waals surface area contributed by atoms with Gasteiger partial charge in [0.1, 0.15) is 11.6 Å². The number of fused-ring (bicyclic) bond motifs is 1. The van der Waals surface area contributed by atoms with E-state index in [0.717, 1.165) is 17.7 Å². The van der Waals surface area contributed by atoms with E-state index in [9.17, 15) is 23.5 Å². The fraction of sp³-hybridized carbons (Fsp3) is 0.333. The summed E-state index contributed by atoms with van der Waals surface area (Å²) < 4.78 is 28.9. The first-order valence-corrected chi connectivity index (χ1v) is 8.98. The van der Waals surface area contributed by atoms with Gasteiger partial charge in [-0.2, -0.15) is 0 Å². The average molecular weight is 371 g/mol. The molecule has 0 spiro atoms. The van der Waals surface area contributed by atoms with Crippen LogP contribution in [0.3, 0.4) is 0 Å². The molecular formula is C21H19F2NO3. The number of carboxylic acids is 1. The van der Waals surface area contributed by atoms with E-state index in [-0.39, 0.29) is 18.7 Å². The summed E-state index contributed by atoms with van der Waals surface area (Å²) in [6, 6.07) is 10.7. The van der Waals surface area contributed by atoms with Crippen molar-refractivity contribution in [3.63, 3.8) is 0 Å². The lowest BCUT2D eigenvalue weighted by molar-refractivity contribution is -0.145. The van der Waals surface area contributed by atoms with Crippen molar-refractivity contribution in [2.24, 2.45) is 0 Å². The standard InChI is InChI=1S/C21H19F2NO3/c22-16-7-3-8-17(23)18(16)21(9-4-10-21)20(27)24-11-13-5-1-2-6-14(13)15(12-24)19(25)26/h1-3,5-8,15H,4,9-12H2,(H,25,26). The Hall–Kier alpha value is -2.76. The minimum absolute atomic E-state index is 0.00298. The van der Waals surface area contributed by atoms with E-state index in [1.807, 2.05) is 0 Å². The van der Waals surface area contributed by atoms with Crippen LogP contribution in [-0.2, 0) is 21.5 Å². The highest BCUT2D eigenvalue weighted by molar-refractivity contribution is 5.90. The number of carbonyl (C=O) groups excluding carboxylic acids is 1. The molecule has 27 heavy (non-hydrogen) atoms. The first-order chi connectivity index (χ1) is 12.9. The molecule has 1 heterocycles. The number of rotatable bonds is 3. The van der Waals surface area contributed by atoms with Gasteiger partial charge in [0, 0.05) is 18.7 Å². The monoisotopic (exact) mass is 371 g/mol. The summed E-state index contributed by atoms with van der Waals surface area (Å²) in [5, 5.41) is 9.61. The second-order valence-corrected chi connectivity index (χ2v) is 7.31. The Morgan fingerprint density at radius 2 is 1.70 bits per heavy atom. The third-order valence-corrected chi connectivity index (χ3v) is 5.84. The van der Waals surface area contributed by atoms with Crippen LogP contribution in [0.4, 0.5) is 8.78 Å². The molecule has 0 saturated heterocycles. The summed E-state index contributed by atoms with van der Waals surface area (Å²) in [4.78, 5) is 26.6. The third kappa shape index (κ3) is 2.71. The van der Waals surface area contributed by atoms with Gasteiger partial charge in [-0.3, -0.25) is 9.59 Å². The zero-order valence-corrected chi connectivity index (χ0v) is 14.6. The van der Waals surface area contributed by atoms with E-state index in [1.54, 1.807) is 24.3 Å². The number of hydrogen-bond donors (Lipinski definition) is 1. The van der Waals surface area contributed by atoms with E-state index < -0.39 is 34.8 Å². The molecule has 4 rings (SSSR count). The predicted molar refractivity (Wildman–Crippen MR) is 94.1 cm³/mol. The summed E-state index contributed by atoms with van der Waals surface area (Å²) in [7, 11) is 0. The van der Waals surface area contributed by atoms with Crippen LogP contribution in [-0.4, -0.2) is 28.4 Å². The van der Waals surface area contributed by atoms with Gasteiger partial charge in [0.2, 0.25) is 5.91 Å². The summed E-state index contributed by atoms with van der Waals surface area (Å²) in [5.41, 5.74) is 0.0128. The van der Waals surface area contributed by atoms with Crippen molar-refractivity contribution in [1.82, 2.24) is 4.90 Å². The minimum Gasteiger partial charge on any atom is -0.481 e. The molecule has 2 aromatic carbocycles. The minimum atomic E-state index is -1.25. The average Bonchev–Trinajstić information content (AvgIpc) is 2.61. The molecule has 0 bridgehead atoms. The molecule has 140 valence electrons. The highest BCUT2D eigenvalue weighted by Gasteiger charge is 2.51. The maximum absolute atomic E-state index is 14.4. The number of carbonyl (C=O) groups is 2. The number of nitrogens with zero attached hydrogens (tertiary/aromatic N) is 1. The topological polar surface area (TPSA) is 57.6 Å². The van der Waals surface area contributed by atoms with Crippen LogP contribution in [0, 0.1) is 11.6 Å². The lowest BCUT2D eigenvalue weighted by atomic mass is 9.63. The van der Waals surface area contributed by atoms with Crippen LogP contribution >= 0.6 is 0 Å². The summed E-state index contributed by atoms with van der Waals surface area (Å²) in [6.07, 6.45) is 1.42. The maximum Gasteiger partial charge on any atom is 0.312 e. The van der Waals surface area contributed by atoms with Gasteiger partial charge < -0.3 is 10.0 Å². The highest BCUT2D eigenvalue weighted by Crippen LogP contribution is 2.48. The van der Waals surface area contributed by atoms with E-state index in [0.29, 0.717) is 24.8 Å². The third-order valence-electron chi connectivity index (χ3n) is 5.84. The normalized spacial score (nSPS) is 20.5. The van der Waals surface area contributed by atoms with Crippen LogP contribution in [0.2, 0.25) is 0 Å². The number of carboxylic acid groups (broad SMARTS) is 1. The van der Waals surface area contributed by atoms with E-state index in [2.05, 4.69) is 0 Å². The fourth-order valence-corrected chi connectivity index (χ4v) is 4.33. The zero-order chi connectivity index (χ0) is 19.2. The van der Waals surface area contributed by atoms with Crippen LogP contribution in [0.25, 0.3) is 0 Å². The van der Waals surface area contributed by atoms with E-state index in [1.165, 1.54) is 11.0 Å². The molecule has 1 saturated carbocycles. The first-order valence-electron chi connectivity index (χ1n) is 8.98. The molecule has 0 aromatic heterocycles. The van der Waals surface area contributed by atoms with Crippen molar-refractivity contribution in [3.05, 3.63) is 70.8 Å². The number of hydrogen-bond acceptors (Lipinski definition) is 2. The quantitative estimate of drug-likeness (QED) is 0.897. The molecule has 1 N–H and O–H groups in total. The molecule has 6 heteroatoms. The van der Waals surface area contributed by atoms with Crippen molar-refractivity contribution < 1.29 is 23.5 Å². The molecular weight excluding hydrogens is 352 g/mol. The fourth-order valence-electron chi connectivity index (χ4n) is 4.33. The Bertz CT molecular complexity index is 903. The van der Waals surface area contributed by atoms with Crippen molar-refractivity contribution in [2.75, 3.05) is 6.54 Å². The van der Waals surface area contributed by atoms with Crippen LogP contribution in [0.1, 0.15) is 41.9 Å². The van der Waals surface area contributed by atoms with Gasteiger partial charge in [-0.15, -0.1) is 0 Å². The number of aliphatic carboxylic acids is 1. The predicted octanol–water partition coefficient (Wildman–Crippen LogP) is 3.60. The number of amides is 1. The van der Waals surface area contributed by atoms with Crippen LogP contribution in [0.5, 0.6) is 0 Å². The van der Waals surface area contributed by atoms with Gasteiger partial charge >= 0.3 is 5.97 Å². The van der Waals surface area contributed by atoms with E-state index >= 15 is 0 Å². The highest BCUT2D eigenvalue weighted by atomic mass is 19.1. The van der Waals surface area contributed by atoms with Crippen molar-refractivity contribution in [2.45, 2.75) is 37.1 Å². The molecule has 2 aliphatic rings. The number of benzene rings is 2. The molecule has 1 aliphatic carbocycles. The summed E-state index contributed by atoms with van der Waals surface area (Å²) >= 11 is 0. The summed E-state index contributed by atoms with van der Waals surface area (Å²) in [6.45, 7) is 0.250. The Morgan fingerprint density at radius 1 is 1.04 bits per heavy atom. The maximum atomic E-state index is 14.4. The van der Waals surface area contributed by atoms with Crippen molar-refractivity contribution in [1.29, 1.82) is 0 Å². The molecule has 1 amide bonds. The van der Waals surface area contributed by atoms with Crippen LogP contribution < -0.4 is 0 Å². The molecule has 0 radical (unpaired) electrons. The smallest absolute Gasteiger partial charge is 0.312 e. The molecule has 1 fully saturated rings. The molecule has 2 aromatic rings. The summed E-state index contributed by atoms with van der Waals surface area (Å²) in [5.74, 6) is -3.70. The molecule has 4 nitrogen and oxygen atoms in total. The van der Waals surface area contributed by atoms with Gasteiger partial charge in [-0.25, -0.2) is 8.78 Å². The largest absolute Gasteiger partial charge is 0.481 e. The van der Waals surface area contributed by atoms with Gasteiger partial charge in [0.05, 0.1) is 11.3 Å². The lowest BCUT2D eigenvalue weighted by Crippen LogP contribution is -2.54. The van der Waals surface area contributed by atoms with Crippen molar-refractivity contribution in [3.8, 4) is 0 Å². The zero-order valence-electron chi connectivity index (χ0n) is 14.6. The molecule has 1 aliphatic heterocycles. The van der Waals surface area contributed by atoms with Gasteiger partial charge in [0.25, 0.3) is 0 Å². The Kier molecular flexibility index (Phi) is 4.21. The lowest BCUT2D eigenvalue weighted by Gasteiger charge is -2.45. The van der Waals surface area contributed by atoms with Crippen LogP contribution in [0.15, 0.2) is 42.5 Å². The Labute approximate surface area is 155 Å². The van der Waals surface area contributed by atoms with Gasteiger partial charge in [-0.05, 0) is 36.1 Å². The number of halogens is 2. The SMILES string of the molecule is O=C(O)C1CN(C(=O)C2(c3c(F)cccc3F)CCC2)Cc2ccccc21. The molecule has 1 unspecified atom stereocenters. The van der Waals surface area contributed by atoms with E-state index in [4.69, 9.17) is 0 Å². The Balaban J connectivity index is 1.73. The van der Waals surface area contributed by atoms with Gasteiger partial charge in [0.15, 0.2) is 0 Å². The second kappa shape index (κ2) is 6.44. The van der Waals surface area contributed by atoms with Gasteiger partial charge in [-0.1, -0.05) is 36.8 Å².